The minimum Gasteiger partial charge on any atom is -0.465 e. The third-order valence-corrected chi connectivity index (χ3v) is 4.79. The van der Waals surface area contributed by atoms with Crippen molar-refractivity contribution in [1.82, 2.24) is 0 Å². The molecule has 5 heteroatoms. The number of anilines is 1. The number of nitrogens with one attached hydrogen (secondary N) is 1. The van der Waals surface area contributed by atoms with Gasteiger partial charge in [0.05, 0.1) is 18.4 Å². The second-order valence-electron chi connectivity index (χ2n) is 6.93. The third kappa shape index (κ3) is 4.49. The van der Waals surface area contributed by atoms with E-state index in [1.807, 2.05) is 0 Å². The molecule has 1 aliphatic carbocycles. The Morgan fingerprint density at radius 1 is 1.21 bits per heavy atom. The smallest absolute Gasteiger partial charge is 0.411 e. The van der Waals surface area contributed by atoms with Crippen LogP contribution < -0.4 is 5.32 Å². The zero-order chi connectivity index (χ0) is 17.7. The number of carbonyl (C=O) groups is 2. The molecule has 0 heterocycles. The topological polar surface area (TPSA) is 64.6 Å². The Hall–Kier alpha value is -2.04. The van der Waals surface area contributed by atoms with Gasteiger partial charge in [0.15, 0.2) is 0 Å². The van der Waals surface area contributed by atoms with Gasteiger partial charge in [-0.1, -0.05) is 39.3 Å². The van der Waals surface area contributed by atoms with Crippen molar-refractivity contribution >= 4 is 17.7 Å². The lowest BCUT2D eigenvalue weighted by Crippen LogP contribution is -2.37. The number of benzene rings is 1. The van der Waals surface area contributed by atoms with Gasteiger partial charge in [0.25, 0.3) is 0 Å². The number of esters is 1. The van der Waals surface area contributed by atoms with Crippen LogP contribution in [0.5, 0.6) is 0 Å². The fourth-order valence-corrected chi connectivity index (χ4v) is 3.41. The Morgan fingerprint density at radius 2 is 1.92 bits per heavy atom. The van der Waals surface area contributed by atoms with Crippen molar-refractivity contribution in [2.75, 3.05) is 12.4 Å². The fraction of sp³-hybridized carbons (Fsp3) is 0.579. The van der Waals surface area contributed by atoms with Crippen molar-refractivity contribution in [3.05, 3.63) is 29.8 Å². The zero-order valence-electron chi connectivity index (χ0n) is 14.9. The summed E-state index contributed by atoms with van der Waals surface area (Å²) in [7, 11) is 1.31. The normalized spacial score (nSPS) is 23.6. The average Bonchev–Trinajstić information content (AvgIpc) is 2.54. The lowest BCUT2D eigenvalue weighted by Gasteiger charge is -2.36. The highest BCUT2D eigenvalue weighted by Crippen LogP contribution is 2.35. The third-order valence-electron chi connectivity index (χ3n) is 4.79. The summed E-state index contributed by atoms with van der Waals surface area (Å²) in [6, 6.07) is 6.75. The summed E-state index contributed by atoms with van der Waals surface area (Å²) in [5.74, 6) is 0.915. The van der Waals surface area contributed by atoms with E-state index in [0.29, 0.717) is 29.0 Å². The predicted molar refractivity (Wildman–Crippen MR) is 93.0 cm³/mol. The number of hydrogen-bond donors (Lipinski definition) is 1. The van der Waals surface area contributed by atoms with E-state index in [1.165, 1.54) is 13.5 Å². The molecule has 0 aromatic heterocycles. The summed E-state index contributed by atoms with van der Waals surface area (Å²) >= 11 is 0. The van der Waals surface area contributed by atoms with E-state index >= 15 is 0 Å². The lowest BCUT2D eigenvalue weighted by molar-refractivity contribution is 0.0126. The van der Waals surface area contributed by atoms with Crippen LogP contribution in [-0.4, -0.2) is 25.3 Å². The molecule has 0 bridgehead atoms. The van der Waals surface area contributed by atoms with Crippen molar-refractivity contribution in [3.8, 4) is 0 Å². The monoisotopic (exact) mass is 333 g/mol. The Labute approximate surface area is 143 Å². The maximum absolute atomic E-state index is 12.3. The summed E-state index contributed by atoms with van der Waals surface area (Å²) in [4.78, 5) is 24.1. The van der Waals surface area contributed by atoms with Crippen LogP contribution in [0.2, 0.25) is 0 Å². The number of rotatable bonds is 4. The summed E-state index contributed by atoms with van der Waals surface area (Å²) in [6.07, 6.45) is 2.54. The van der Waals surface area contributed by atoms with E-state index in [2.05, 4.69) is 26.1 Å². The first-order chi connectivity index (χ1) is 11.4. The van der Waals surface area contributed by atoms with Gasteiger partial charge in [-0.25, -0.2) is 9.59 Å². The molecule has 1 aromatic rings. The summed E-state index contributed by atoms with van der Waals surface area (Å²) in [5, 5.41) is 2.69. The molecule has 1 N–H and O–H groups in total. The second-order valence-corrected chi connectivity index (χ2v) is 6.93. The van der Waals surface area contributed by atoms with Gasteiger partial charge in [0, 0.05) is 0 Å². The van der Waals surface area contributed by atoms with E-state index in [0.717, 1.165) is 12.8 Å². The van der Waals surface area contributed by atoms with E-state index in [4.69, 9.17) is 9.47 Å². The standard InChI is InChI=1S/C19H27NO4/c1-12(2)14-10-9-13(3)11-17(14)24-19(22)20-16-8-6-5-7-15(16)18(21)23-4/h5-8,12-14,17H,9-11H2,1-4H3,(H,20,22)/t13-,14+,17-/m1/s1. The number of carbonyl (C=O) groups excluding carboxylic acids is 2. The van der Waals surface area contributed by atoms with Gasteiger partial charge in [-0.15, -0.1) is 0 Å². The van der Waals surface area contributed by atoms with Crippen LogP contribution >= 0.6 is 0 Å². The SMILES string of the molecule is COC(=O)c1ccccc1NC(=O)O[C@@H]1C[C@H](C)CC[C@H]1C(C)C. The highest BCUT2D eigenvalue weighted by atomic mass is 16.6. The fourth-order valence-electron chi connectivity index (χ4n) is 3.41. The molecule has 24 heavy (non-hydrogen) atoms. The molecule has 0 aliphatic heterocycles. The molecule has 1 amide bonds. The first-order valence-electron chi connectivity index (χ1n) is 8.57. The number of amides is 1. The van der Waals surface area contributed by atoms with Crippen LogP contribution in [0.4, 0.5) is 10.5 Å². The Balaban J connectivity index is 2.06. The molecular weight excluding hydrogens is 306 g/mol. The van der Waals surface area contributed by atoms with E-state index in [9.17, 15) is 9.59 Å². The molecule has 0 saturated heterocycles. The Morgan fingerprint density at radius 3 is 2.58 bits per heavy atom. The van der Waals surface area contributed by atoms with Crippen LogP contribution in [-0.2, 0) is 9.47 Å². The maximum atomic E-state index is 12.3. The van der Waals surface area contributed by atoms with Crippen molar-refractivity contribution in [1.29, 1.82) is 0 Å². The Kier molecular flexibility index (Phi) is 6.23. The van der Waals surface area contributed by atoms with Crippen LogP contribution in [0, 0.1) is 17.8 Å². The lowest BCUT2D eigenvalue weighted by atomic mass is 9.75. The van der Waals surface area contributed by atoms with E-state index in [-0.39, 0.29) is 6.10 Å². The molecule has 5 nitrogen and oxygen atoms in total. The van der Waals surface area contributed by atoms with E-state index in [1.54, 1.807) is 24.3 Å². The van der Waals surface area contributed by atoms with Crippen molar-refractivity contribution in [2.24, 2.45) is 17.8 Å². The summed E-state index contributed by atoms with van der Waals surface area (Å²) in [6.45, 7) is 6.53. The van der Waals surface area contributed by atoms with Gasteiger partial charge >= 0.3 is 12.1 Å². The molecule has 2 rings (SSSR count). The molecule has 1 saturated carbocycles. The summed E-state index contributed by atoms with van der Waals surface area (Å²) < 4.78 is 10.4. The number of methoxy groups -OCH3 is 1. The first kappa shape index (κ1) is 18.3. The van der Waals surface area contributed by atoms with Crippen molar-refractivity contribution < 1.29 is 19.1 Å². The number of ether oxygens (including phenoxy) is 2. The quantitative estimate of drug-likeness (QED) is 0.825. The molecule has 132 valence electrons. The highest BCUT2D eigenvalue weighted by molar-refractivity contribution is 5.99. The van der Waals surface area contributed by atoms with Gasteiger partial charge in [0.1, 0.15) is 6.10 Å². The minimum absolute atomic E-state index is 0.0842. The zero-order valence-corrected chi connectivity index (χ0v) is 14.9. The molecular formula is C19H27NO4. The van der Waals surface area contributed by atoms with E-state index < -0.39 is 12.1 Å². The maximum Gasteiger partial charge on any atom is 0.411 e. The van der Waals surface area contributed by atoms with Crippen LogP contribution in [0.25, 0.3) is 0 Å². The van der Waals surface area contributed by atoms with Gasteiger partial charge in [-0.05, 0) is 42.7 Å². The van der Waals surface area contributed by atoms with Crippen molar-refractivity contribution in [2.45, 2.75) is 46.1 Å². The second kappa shape index (κ2) is 8.18. The first-order valence-corrected chi connectivity index (χ1v) is 8.57. The predicted octanol–water partition coefficient (Wildman–Crippen LogP) is 4.48. The number of para-hydroxylation sites is 1. The van der Waals surface area contributed by atoms with Crippen molar-refractivity contribution in [3.63, 3.8) is 0 Å². The van der Waals surface area contributed by atoms with Gasteiger partial charge < -0.3 is 9.47 Å². The molecule has 1 aliphatic rings. The molecule has 1 aromatic carbocycles. The number of hydrogen-bond acceptors (Lipinski definition) is 4. The molecule has 0 unspecified atom stereocenters. The summed E-state index contributed by atoms with van der Waals surface area (Å²) in [5.41, 5.74) is 0.716. The molecule has 3 atom stereocenters. The highest BCUT2D eigenvalue weighted by Gasteiger charge is 2.33. The van der Waals surface area contributed by atoms with Gasteiger partial charge in [-0.2, -0.15) is 0 Å². The molecule has 1 fully saturated rings. The minimum atomic E-state index is -0.517. The average molecular weight is 333 g/mol. The largest absolute Gasteiger partial charge is 0.465 e. The van der Waals surface area contributed by atoms with Gasteiger partial charge in [0.2, 0.25) is 0 Å². The van der Waals surface area contributed by atoms with Crippen LogP contribution in [0.15, 0.2) is 24.3 Å². The Bertz CT molecular complexity index is 584. The van der Waals surface area contributed by atoms with Gasteiger partial charge in [-0.3, -0.25) is 5.32 Å². The van der Waals surface area contributed by atoms with Crippen LogP contribution in [0.3, 0.4) is 0 Å². The van der Waals surface area contributed by atoms with Crippen LogP contribution in [0.1, 0.15) is 50.4 Å². The molecule has 0 radical (unpaired) electrons. The molecule has 0 spiro atoms.